The van der Waals surface area contributed by atoms with Crippen LogP contribution in [-0.4, -0.2) is 11.0 Å². The SMILES string of the molecule is C=CCC(O)(CCl)c1cccs1. The van der Waals surface area contributed by atoms with Crippen molar-refractivity contribution in [2.45, 2.75) is 12.0 Å². The molecular weight excluding hydrogens is 192 g/mol. The summed E-state index contributed by atoms with van der Waals surface area (Å²) in [7, 11) is 0. The van der Waals surface area contributed by atoms with E-state index in [2.05, 4.69) is 6.58 Å². The summed E-state index contributed by atoms with van der Waals surface area (Å²) in [4.78, 5) is 0.900. The van der Waals surface area contributed by atoms with Crippen molar-refractivity contribution in [1.29, 1.82) is 0 Å². The van der Waals surface area contributed by atoms with Crippen molar-refractivity contribution in [3.05, 3.63) is 35.0 Å². The number of halogens is 1. The molecule has 0 fully saturated rings. The highest BCUT2D eigenvalue weighted by atomic mass is 35.5. The monoisotopic (exact) mass is 202 g/mol. The summed E-state index contributed by atoms with van der Waals surface area (Å²) in [5.74, 6) is 0.208. The number of thiophene rings is 1. The van der Waals surface area contributed by atoms with Gasteiger partial charge in [-0.2, -0.15) is 0 Å². The van der Waals surface area contributed by atoms with E-state index in [4.69, 9.17) is 11.6 Å². The summed E-state index contributed by atoms with van der Waals surface area (Å²) in [6, 6.07) is 3.79. The molecule has 0 aromatic carbocycles. The van der Waals surface area contributed by atoms with Crippen molar-refractivity contribution < 1.29 is 5.11 Å². The standard InChI is InChI=1S/C9H11ClOS/c1-2-5-9(11,7-10)8-4-3-6-12-8/h2-4,6,11H,1,5,7H2. The van der Waals surface area contributed by atoms with Crippen molar-refractivity contribution in [3.63, 3.8) is 0 Å². The van der Waals surface area contributed by atoms with Gasteiger partial charge >= 0.3 is 0 Å². The largest absolute Gasteiger partial charge is 0.383 e. The Morgan fingerprint density at radius 1 is 1.75 bits per heavy atom. The van der Waals surface area contributed by atoms with Crippen LogP contribution in [0, 0.1) is 0 Å². The molecule has 1 atom stereocenters. The molecule has 1 aromatic rings. The van der Waals surface area contributed by atoms with Crippen LogP contribution in [0.1, 0.15) is 11.3 Å². The van der Waals surface area contributed by atoms with Crippen LogP contribution < -0.4 is 0 Å². The molecule has 1 N–H and O–H groups in total. The Kier molecular flexibility index (Phi) is 3.32. The van der Waals surface area contributed by atoms with Gasteiger partial charge in [0, 0.05) is 4.88 Å². The third-order valence-corrected chi connectivity index (χ3v) is 3.19. The summed E-state index contributed by atoms with van der Waals surface area (Å²) in [5, 5.41) is 11.9. The van der Waals surface area contributed by atoms with E-state index in [1.807, 2.05) is 17.5 Å². The Labute approximate surface area is 81.3 Å². The summed E-state index contributed by atoms with van der Waals surface area (Å²) in [6.45, 7) is 3.59. The van der Waals surface area contributed by atoms with Crippen LogP contribution in [0.3, 0.4) is 0 Å². The van der Waals surface area contributed by atoms with E-state index in [1.165, 1.54) is 11.3 Å². The maximum absolute atomic E-state index is 9.99. The van der Waals surface area contributed by atoms with Gasteiger partial charge < -0.3 is 5.11 Å². The summed E-state index contributed by atoms with van der Waals surface area (Å²) < 4.78 is 0. The molecule has 0 saturated heterocycles. The molecule has 1 rings (SSSR count). The first-order valence-corrected chi connectivity index (χ1v) is 5.07. The summed E-state index contributed by atoms with van der Waals surface area (Å²) >= 11 is 7.20. The second-order valence-corrected chi connectivity index (χ2v) is 3.85. The molecular formula is C9H11ClOS. The van der Waals surface area contributed by atoms with Crippen molar-refractivity contribution in [2.24, 2.45) is 0 Å². The molecule has 0 spiro atoms. The minimum absolute atomic E-state index is 0.208. The molecule has 0 aliphatic heterocycles. The Hall–Kier alpha value is -0.310. The van der Waals surface area contributed by atoms with Crippen LogP contribution in [0.5, 0.6) is 0 Å². The number of aliphatic hydroxyl groups is 1. The van der Waals surface area contributed by atoms with Crippen LogP contribution in [0.25, 0.3) is 0 Å². The van der Waals surface area contributed by atoms with Gasteiger partial charge in [-0.05, 0) is 17.9 Å². The third-order valence-electron chi connectivity index (χ3n) is 1.68. The zero-order valence-electron chi connectivity index (χ0n) is 6.66. The molecule has 12 heavy (non-hydrogen) atoms. The highest BCUT2D eigenvalue weighted by Gasteiger charge is 2.27. The van der Waals surface area contributed by atoms with E-state index in [9.17, 15) is 5.11 Å². The van der Waals surface area contributed by atoms with Gasteiger partial charge in [0.05, 0.1) is 5.88 Å². The number of hydrogen-bond donors (Lipinski definition) is 1. The van der Waals surface area contributed by atoms with E-state index in [0.29, 0.717) is 6.42 Å². The fourth-order valence-electron chi connectivity index (χ4n) is 1.00. The highest BCUT2D eigenvalue weighted by molar-refractivity contribution is 7.10. The van der Waals surface area contributed by atoms with E-state index in [1.54, 1.807) is 6.08 Å². The van der Waals surface area contributed by atoms with Gasteiger partial charge in [-0.3, -0.25) is 0 Å². The van der Waals surface area contributed by atoms with Gasteiger partial charge in [-0.15, -0.1) is 29.5 Å². The van der Waals surface area contributed by atoms with Crippen LogP contribution in [0.2, 0.25) is 0 Å². The molecule has 0 amide bonds. The molecule has 0 radical (unpaired) electrons. The van der Waals surface area contributed by atoms with Crippen molar-refractivity contribution in [1.82, 2.24) is 0 Å². The fraction of sp³-hybridized carbons (Fsp3) is 0.333. The first-order chi connectivity index (χ1) is 5.73. The minimum atomic E-state index is -0.919. The lowest BCUT2D eigenvalue weighted by molar-refractivity contribution is 0.0683. The lowest BCUT2D eigenvalue weighted by Gasteiger charge is -2.22. The van der Waals surface area contributed by atoms with E-state index < -0.39 is 5.60 Å². The second-order valence-electron chi connectivity index (χ2n) is 2.64. The molecule has 1 nitrogen and oxygen atoms in total. The third kappa shape index (κ3) is 1.89. The molecule has 0 bridgehead atoms. The second kappa shape index (κ2) is 4.08. The Morgan fingerprint density at radius 2 is 2.50 bits per heavy atom. The average Bonchev–Trinajstić information content (AvgIpc) is 2.57. The lowest BCUT2D eigenvalue weighted by atomic mass is 10.0. The number of alkyl halides is 1. The predicted octanol–water partition coefficient (Wildman–Crippen LogP) is 2.75. The molecule has 0 saturated carbocycles. The van der Waals surface area contributed by atoms with E-state index in [-0.39, 0.29) is 5.88 Å². The van der Waals surface area contributed by atoms with Crippen molar-refractivity contribution in [3.8, 4) is 0 Å². The van der Waals surface area contributed by atoms with Gasteiger partial charge in [0.2, 0.25) is 0 Å². The maximum atomic E-state index is 9.99. The molecule has 66 valence electrons. The maximum Gasteiger partial charge on any atom is 0.116 e. The lowest BCUT2D eigenvalue weighted by Crippen LogP contribution is -2.25. The molecule has 1 unspecified atom stereocenters. The van der Waals surface area contributed by atoms with Crippen LogP contribution in [-0.2, 0) is 5.60 Å². The Morgan fingerprint density at radius 3 is 2.92 bits per heavy atom. The molecule has 3 heteroatoms. The van der Waals surface area contributed by atoms with Crippen molar-refractivity contribution in [2.75, 3.05) is 5.88 Å². The van der Waals surface area contributed by atoms with Gasteiger partial charge in [-0.25, -0.2) is 0 Å². The normalized spacial score (nSPS) is 15.5. The highest BCUT2D eigenvalue weighted by Crippen LogP contribution is 2.30. The summed E-state index contributed by atoms with van der Waals surface area (Å²) in [5.41, 5.74) is -0.919. The van der Waals surface area contributed by atoms with Crippen molar-refractivity contribution >= 4 is 22.9 Å². The van der Waals surface area contributed by atoms with Gasteiger partial charge in [-0.1, -0.05) is 12.1 Å². The molecule has 0 aliphatic carbocycles. The predicted molar refractivity (Wildman–Crippen MR) is 53.7 cm³/mol. The molecule has 1 heterocycles. The summed E-state index contributed by atoms with van der Waals surface area (Å²) in [6.07, 6.45) is 2.18. The fourth-order valence-corrected chi connectivity index (χ4v) is 2.17. The zero-order chi connectivity index (χ0) is 9.03. The van der Waals surface area contributed by atoms with Gasteiger partial charge in [0.1, 0.15) is 5.60 Å². The first kappa shape index (κ1) is 9.78. The molecule has 1 aromatic heterocycles. The van der Waals surface area contributed by atoms with E-state index >= 15 is 0 Å². The minimum Gasteiger partial charge on any atom is -0.383 e. The van der Waals surface area contributed by atoms with Gasteiger partial charge in [0.25, 0.3) is 0 Å². The van der Waals surface area contributed by atoms with Crippen LogP contribution >= 0.6 is 22.9 Å². The van der Waals surface area contributed by atoms with E-state index in [0.717, 1.165) is 4.88 Å². The van der Waals surface area contributed by atoms with Crippen LogP contribution in [0.4, 0.5) is 0 Å². The van der Waals surface area contributed by atoms with Gasteiger partial charge in [0.15, 0.2) is 0 Å². The average molecular weight is 203 g/mol. The molecule has 0 aliphatic rings. The number of hydrogen-bond acceptors (Lipinski definition) is 2. The quantitative estimate of drug-likeness (QED) is 0.588. The van der Waals surface area contributed by atoms with Crippen LogP contribution in [0.15, 0.2) is 30.2 Å². The zero-order valence-corrected chi connectivity index (χ0v) is 8.24. The Balaban J connectivity index is 2.87. The smallest absolute Gasteiger partial charge is 0.116 e. The first-order valence-electron chi connectivity index (χ1n) is 3.66. The number of rotatable bonds is 4. The topological polar surface area (TPSA) is 20.2 Å². The Bertz CT molecular complexity index is 245.